The van der Waals surface area contributed by atoms with Crippen LogP contribution in [0.25, 0.3) is 0 Å². The highest BCUT2D eigenvalue weighted by molar-refractivity contribution is 5.97. The molecule has 4 nitrogen and oxygen atoms in total. The second kappa shape index (κ2) is 6.74. The standard InChI is InChI=1S/C17H24N2O2/c1-4-9-14-17(21)19(12(3)16(20)18-14)15(5-2)13-10-7-6-8-11-13/h6-8,10-12,14-15H,4-5,9H2,1-3H3,(H,18,20). The van der Waals surface area contributed by atoms with E-state index in [9.17, 15) is 9.59 Å². The van der Waals surface area contributed by atoms with E-state index in [0.29, 0.717) is 6.42 Å². The third-order valence-corrected chi connectivity index (χ3v) is 4.15. The Kier molecular flexibility index (Phi) is 4.99. The van der Waals surface area contributed by atoms with Crippen LogP contribution >= 0.6 is 0 Å². The minimum Gasteiger partial charge on any atom is -0.343 e. The lowest BCUT2D eigenvalue weighted by atomic mass is 9.96. The molecule has 2 amide bonds. The predicted octanol–water partition coefficient (Wildman–Crippen LogP) is 2.65. The Morgan fingerprint density at radius 2 is 1.86 bits per heavy atom. The van der Waals surface area contributed by atoms with Crippen molar-refractivity contribution in [2.45, 2.75) is 58.2 Å². The number of nitrogens with one attached hydrogen (secondary N) is 1. The Morgan fingerprint density at radius 3 is 2.43 bits per heavy atom. The fraction of sp³-hybridized carbons (Fsp3) is 0.529. The molecule has 0 aliphatic carbocycles. The molecule has 3 atom stereocenters. The lowest BCUT2D eigenvalue weighted by Gasteiger charge is -2.42. The molecule has 1 saturated heterocycles. The van der Waals surface area contributed by atoms with E-state index >= 15 is 0 Å². The molecule has 1 heterocycles. The minimum atomic E-state index is -0.421. The van der Waals surface area contributed by atoms with E-state index in [0.717, 1.165) is 18.4 Å². The molecule has 3 unspecified atom stereocenters. The molecular formula is C17H24N2O2. The van der Waals surface area contributed by atoms with Gasteiger partial charge in [0.1, 0.15) is 12.1 Å². The normalized spacial score (nSPS) is 23.9. The van der Waals surface area contributed by atoms with E-state index in [1.54, 1.807) is 11.8 Å². The summed E-state index contributed by atoms with van der Waals surface area (Å²) in [5, 5.41) is 2.85. The largest absolute Gasteiger partial charge is 0.343 e. The molecule has 21 heavy (non-hydrogen) atoms. The number of hydrogen-bond donors (Lipinski definition) is 1. The molecule has 1 aromatic carbocycles. The number of amides is 2. The van der Waals surface area contributed by atoms with Crippen molar-refractivity contribution in [1.82, 2.24) is 10.2 Å². The Hall–Kier alpha value is -1.84. The quantitative estimate of drug-likeness (QED) is 0.905. The third-order valence-electron chi connectivity index (χ3n) is 4.15. The van der Waals surface area contributed by atoms with Crippen LogP contribution in [0.15, 0.2) is 30.3 Å². The van der Waals surface area contributed by atoms with Crippen LogP contribution in [0.2, 0.25) is 0 Å². The van der Waals surface area contributed by atoms with Gasteiger partial charge in [-0.25, -0.2) is 0 Å². The number of benzene rings is 1. The molecule has 4 heteroatoms. The lowest BCUT2D eigenvalue weighted by molar-refractivity contribution is -0.152. The van der Waals surface area contributed by atoms with Crippen LogP contribution in [0.4, 0.5) is 0 Å². The average molecular weight is 288 g/mol. The summed E-state index contributed by atoms with van der Waals surface area (Å²) in [7, 11) is 0. The van der Waals surface area contributed by atoms with Crippen molar-refractivity contribution < 1.29 is 9.59 Å². The van der Waals surface area contributed by atoms with Crippen molar-refractivity contribution >= 4 is 11.8 Å². The average Bonchev–Trinajstić information content (AvgIpc) is 2.50. The molecule has 1 aliphatic heterocycles. The van der Waals surface area contributed by atoms with E-state index in [2.05, 4.69) is 12.2 Å². The first-order valence-corrected chi connectivity index (χ1v) is 7.77. The maximum atomic E-state index is 12.8. The highest BCUT2D eigenvalue weighted by Crippen LogP contribution is 2.29. The molecule has 1 N–H and O–H groups in total. The zero-order valence-corrected chi connectivity index (χ0v) is 13.0. The van der Waals surface area contributed by atoms with Gasteiger partial charge in [-0.3, -0.25) is 9.59 Å². The van der Waals surface area contributed by atoms with Crippen molar-refractivity contribution in [3.63, 3.8) is 0 Å². The fourth-order valence-corrected chi connectivity index (χ4v) is 3.03. The Morgan fingerprint density at radius 1 is 1.19 bits per heavy atom. The van der Waals surface area contributed by atoms with Gasteiger partial charge in [-0.1, -0.05) is 50.6 Å². The van der Waals surface area contributed by atoms with Gasteiger partial charge < -0.3 is 10.2 Å². The molecule has 114 valence electrons. The molecule has 2 rings (SSSR count). The predicted molar refractivity (Wildman–Crippen MR) is 82.6 cm³/mol. The van der Waals surface area contributed by atoms with Gasteiger partial charge in [0.25, 0.3) is 0 Å². The maximum absolute atomic E-state index is 12.8. The Balaban J connectivity index is 2.32. The molecular weight excluding hydrogens is 264 g/mol. The van der Waals surface area contributed by atoms with Crippen LogP contribution in [0, 0.1) is 0 Å². The summed E-state index contributed by atoms with van der Waals surface area (Å²) in [6.45, 7) is 5.89. The second-order valence-corrected chi connectivity index (χ2v) is 5.61. The van der Waals surface area contributed by atoms with Gasteiger partial charge in [0.05, 0.1) is 6.04 Å². The summed E-state index contributed by atoms with van der Waals surface area (Å²) < 4.78 is 0. The van der Waals surface area contributed by atoms with Crippen LogP contribution in [0.3, 0.4) is 0 Å². The van der Waals surface area contributed by atoms with E-state index in [-0.39, 0.29) is 23.9 Å². The molecule has 1 aliphatic rings. The maximum Gasteiger partial charge on any atom is 0.246 e. The molecule has 1 fully saturated rings. The first-order valence-electron chi connectivity index (χ1n) is 7.77. The van der Waals surface area contributed by atoms with E-state index < -0.39 is 6.04 Å². The van der Waals surface area contributed by atoms with Crippen LogP contribution in [-0.2, 0) is 9.59 Å². The first-order chi connectivity index (χ1) is 10.1. The van der Waals surface area contributed by atoms with E-state index in [4.69, 9.17) is 0 Å². The molecule has 0 radical (unpaired) electrons. The summed E-state index contributed by atoms with van der Waals surface area (Å²) in [5.74, 6) is -0.0120. The zero-order chi connectivity index (χ0) is 15.4. The highest BCUT2D eigenvalue weighted by atomic mass is 16.2. The number of carbonyl (C=O) groups excluding carboxylic acids is 2. The number of nitrogens with zero attached hydrogens (tertiary/aromatic N) is 1. The van der Waals surface area contributed by atoms with Gasteiger partial charge in [-0.15, -0.1) is 0 Å². The van der Waals surface area contributed by atoms with E-state index in [1.165, 1.54) is 0 Å². The monoisotopic (exact) mass is 288 g/mol. The van der Waals surface area contributed by atoms with Crippen molar-refractivity contribution in [1.29, 1.82) is 0 Å². The number of piperazine rings is 1. The van der Waals surface area contributed by atoms with Gasteiger partial charge in [0.2, 0.25) is 11.8 Å². The van der Waals surface area contributed by atoms with E-state index in [1.807, 2.05) is 37.3 Å². The van der Waals surface area contributed by atoms with Crippen LogP contribution in [-0.4, -0.2) is 28.8 Å². The van der Waals surface area contributed by atoms with Gasteiger partial charge in [0.15, 0.2) is 0 Å². The van der Waals surface area contributed by atoms with Gasteiger partial charge >= 0.3 is 0 Å². The molecule has 0 bridgehead atoms. The minimum absolute atomic E-state index is 0.0413. The summed E-state index contributed by atoms with van der Waals surface area (Å²) >= 11 is 0. The number of hydrogen-bond acceptors (Lipinski definition) is 2. The third kappa shape index (κ3) is 3.09. The topological polar surface area (TPSA) is 49.4 Å². The second-order valence-electron chi connectivity index (χ2n) is 5.61. The highest BCUT2D eigenvalue weighted by Gasteiger charge is 2.40. The molecule has 1 aromatic rings. The van der Waals surface area contributed by atoms with Crippen molar-refractivity contribution in [3.8, 4) is 0 Å². The number of rotatable bonds is 5. The summed E-state index contributed by atoms with van der Waals surface area (Å²) in [6, 6.07) is 9.11. The van der Waals surface area contributed by atoms with Crippen LogP contribution in [0.1, 0.15) is 51.6 Å². The van der Waals surface area contributed by atoms with Gasteiger partial charge in [0, 0.05) is 0 Å². The number of carbonyl (C=O) groups is 2. The Labute approximate surface area is 126 Å². The molecule has 0 spiro atoms. The van der Waals surface area contributed by atoms with Gasteiger partial charge in [-0.2, -0.15) is 0 Å². The Bertz CT molecular complexity index is 501. The molecule has 0 aromatic heterocycles. The van der Waals surface area contributed by atoms with Gasteiger partial charge in [-0.05, 0) is 25.3 Å². The fourth-order valence-electron chi connectivity index (χ4n) is 3.03. The first kappa shape index (κ1) is 15.5. The summed E-state index contributed by atoms with van der Waals surface area (Å²) in [4.78, 5) is 26.7. The van der Waals surface area contributed by atoms with Crippen molar-refractivity contribution in [2.24, 2.45) is 0 Å². The summed E-state index contributed by atoms with van der Waals surface area (Å²) in [5.41, 5.74) is 1.09. The SMILES string of the molecule is CCCC1NC(=O)C(C)N(C(CC)c2ccccc2)C1=O. The molecule has 0 saturated carbocycles. The van der Waals surface area contributed by atoms with Crippen LogP contribution < -0.4 is 5.32 Å². The van der Waals surface area contributed by atoms with Crippen LogP contribution in [0.5, 0.6) is 0 Å². The van der Waals surface area contributed by atoms with Crippen molar-refractivity contribution in [3.05, 3.63) is 35.9 Å². The zero-order valence-electron chi connectivity index (χ0n) is 13.0. The lowest BCUT2D eigenvalue weighted by Crippen LogP contribution is -2.62. The van der Waals surface area contributed by atoms with Crippen molar-refractivity contribution in [2.75, 3.05) is 0 Å². The summed E-state index contributed by atoms with van der Waals surface area (Å²) in [6.07, 6.45) is 2.37. The smallest absolute Gasteiger partial charge is 0.246 e.